The van der Waals surface area contributed by atoms with Gasteiger partial charge in [0.25, 0.3) is 0 Å². The first-order valence-corrected chi connectivity index (χ1v) is 34.4. The predicted molar refractivity (Wildman–Crippen MR) is 377 cm³/mol. The highest BCUT2D eigenvalue weighted by Crippen LogP contribution is 2.24. The van der Waals surface area contributed by atoms with Crippen LogP contribution in [0.3, 0.4) is 0 Å². The average molecular weight is 1420 g/mol. The molecule has 2 heterocycles. The number of guanidine groups is 2. The van der Waals surface area contributed by atoms with Crippen molar-refractivity contribution in [1.29, 1.82) is 0 Å². The van der Waals surface area contributed by atoms with Crippen LogP contribution in [0.1, 0.15) is 116 Å². The number of aliphatic imine (C=N–C) groups is 2. The molecule has 2 aliphatic heterocycles. The summed E-state index contributed by atoms with van der Waals surface area (Å²) in [6, 6.07) is 9.29. The van der Waals surface area contributed by atoms with Crippen LogP contribution in [0.25, 0.3) is 0 Å². The maximum atomic E-state index is 15.0. The number of rotatable bonds is 40. The van der Waals surface area contributed by atoms with Crippen molar-refractivity contribution in [1.82, 2.24) is 57.7 Å². The zero-order chi connectivity index (χ0) is 75.2. The van der Waals surface area contributed by atoms with Crippen LogP contribution < -0.4 is 76.5 Å². The lowest BCUT2D eigenvalue weighted by Crippen LogP contribution is -2.61. The van der Waals surface area contributed by atoms with Crippen LogP contribution in [0.4, 0.5) is 0 Å². The lowest BCUT2D eigenvalue weighted by Gasteiger charge is -2.32. The van der Waals surface area contributed by atoms with Gasteiger partial charge < -0.3 is 102 Å². The summed E-state index contributed by atoms with van der Waals surface area (Å²) in [6.07, 6.45) is 1.35. The van der Waals surface area contributed by atoms with Gasteiger partial charge in [0, 0.05) is 39.0 Å². The summed E-state index contributed by atoms with van der Waals surface area (Å²) in [4.78, 5) is 179. The van der Waals surface area contributed by atoms with E-state index < -0.39 is 156 Å². The third-order valence-corrected chi connectivity index (χ3v) is 17.5. The molecule has 102 heavy (non-hydrogen) atoms. The van der Waals surface area contributed by atoms with E-state index in [0.717, 1.165) is 5.56 Å². The van der Waals surface area contributed by atoms with Crippen molar-refractivity contribution >= 4 is 82.9 Å². The Labute approximate surface area is 592 Å². The van der Waals surface area contributed by atoms with E-state index in [1.165, 1.54) is 41.0 Å². The standard InChI is InChI=1S/C69H102N18O15/c1-6-40(4)56(85-63(97)54-24-16-32-87(54)66(100)51(33-39(2)3)83-60(94)49(35-43-19-11-8-12-20-43)79-55(90)37-77-58(92)46(70)34-42-17-9-7-10-18-42)64(98)82-50(36-44-25-27-45(89)28-26-44)61(95)80-47(21-13-29-75-68(71)72)59(93)81-48(22-14-30-76-69(73)74)65(99)86-31-15-23-53(86)62(96)78-41(5)57(91)84-52(38-88)67(101)102/h7-12,17-20,25-28,39-41,46-54,56,88-89H,6,13-16,21-24,29-38,70H2,1-5H3,(H,77,92)(H,78,96)(H,79,90)(H,80,95)(H,81,93)(H,82,98)(H,83,94)(H,84,91)(H,85,97)(H,101,102)(H4,71,72,75)(H4,73,74,76)/t40-,41-,46-,47-,48-,49-,50-,51-,52-,53-,54-,56-/m0/s1. The summed E-state index contributed by atoms with van der Waals surface area (Å²) in [7, 11) is 0. The Morgan fingerprint density at radius 2 is 0.980 bits per heavy atom. The Morgan fingerprint density at radius 1 is 0.529 bits per heavy atom. The van der Waals surface area contributed by atoms with E-state index in [2.05, 4.69) is 57.8 Å². The van der Waals surface area contributed by atoms with Crippen LogP contribution in [0.2, 0.25) is 0 Å². The molecule has 0 aliphatic carbocycles. The number of carbonyl (C=O) groups is 12. The number of aromatic hydroxyl groups is 1. The van der Waals surface area contributed by atoms with E-state index >= 15 is 0 Å². The van der Waals surface area contributed by atoms with Gasteiger partial charge in [0.15, 0.2) is 11.9 Å². The molecule has 0 radical (unpaired) electrons. The van der Waals surface area contributed by atoms with Gasteiger partial charge in [-0.1, -0.05) is 107 Å². The largest absolute Gasteiger partial charge is 0.508 e. The van der Waals surface area contributed by atoms with Crippen LogP contribution >= 0.6 is 0 Å². The number of hydrogen-bond donors (Lipinski definition) is 17. The highest BCUT2D eigenvalue weighted by molar-refractivity contribution is 5.99. The first-order chi connectivity index (χ1) is 48.5. The molecule has 0 aromatic heterocycles. The summed E-state index contributed by atoms with van der Waals surface area (Å²) >= 11 is 0. The Morgan fingerprint density at radius 3 is 1.49 bits per heavy atom. The minimum absolute atomic E-state index is 0.00283. The van der Waals surface area contributed by atoms with Gasteiger partial charge in [0.1, 0.15) is 66.2 Å². The second-order valence-corrected chi connectivity index (χ2v) is 26.0. The predicted octanol–water partition coefficient (Wildman–Crippen LogP) is -2.98. The van der Waals surface area contributed by atoms with E-state index in [1.807, 2.05) is 44.2 Å². The first-order valence-electron chi connectivity index (χ1n) is 34.4. The number of phenolic OH excluding ortho intramolecular Hbond substituents is 1. The smallest absolute Gasteiger partial charge is 0.328 e. The molecular formula is C69H102N18O15. The number of aliphatic hydroxyl groups is 1. The number of benzene rings is 3. The van der Waals surface area contributed by atoms with Gasteiger partial charge in [-0.3, -0.25) is 62.7 Å². The maximum absolute atomic E-state index is 15.0. The van der Waals surface area contributed by atoms with Crippen LogP contribution in [0.5, 0.6) is 5.75 Å². The summed E-state index contributed by atoms with van der Waals surface area (Å²) in [5, 5.41) is 52.8. The summed E-state index contributed by atoms with van der Waals surface area (Å²) < 4.78 is 0. The third kappa shape index (κ3) is 26.6. The normalized spacial score (nSPS) is 17.0. The van der Waals surface area contributed by atoms with Crippen LogP contribution in [-0.4, -0.2) is 214 Å². The Bertz CT molecular complexity index is 3390. The second-order valence-electron chi connectivity index (χ2n) is 26.0. The molecule has 3 aromatic rings. The number of nitrogens with one attached hydrogen (secondary N) is 9. The van der Waals surface area contributed by atoms with Crippen molar-refractivity contribution in [3.05, 3.63) is 102 Å². The van der Waals surface area contributed by atoms with Crippen molar-refractivity contribution in [3.8, 4) is 5.75 Å². The van der Waals surface area contributed by atoms with Crippen molar-refractivity contribution in [2.75, 3.05) is 39.3 Å². The molecule has 0 saturated carbocycles. The topological polar surface area (TPSA) is 535 Å². The van der Waals surface area contributed by atoms with Crippen molar-refractivity contribution in [2.24, 2.45) is 50.5 Å². The van der Waals surface area contributed by atoms with Gasteiger partial charge in [0.05, 0.1) is 19.2 Å². The number of hydrogen-bond acceptors (Lipinski definition) is 17. The number of carbonyl (C=O) groups excluding carboxylic acids is 11. The van der Waals surface area contributed by atoms with E-state index in [4.69, 9.17) is 28.7 Å². The molecule has 0 unspecified atom stereocenters. The fourth-order valence-electron chi connectivity index (χ4n) is 11.8. The molecule has 558 valence electrons. The zero-order valence-corrected chi connectivity index (χ0v) is 58.4. The summed E-state index contributed by atoms with van der Waals surface area (Å²) in [5.41, 5.74) is 30.5. The highest BCUT2D eigenvalue weighted by atomic mass is 16.4. The molecule has 3 aromatic carbocycles. The second kappa shape index (κ2) is 41.3. The molecule has 12 atom stereocenters. The number of likely N-dealkylation sites (tertiary alicyclic amines) is 2. The van der Waals surface area contributed by atoms with Crippen LogP contribution in [-0.2, 0) is 76.8 Å². The van der Waals surface area contributed by atoms with Gasteiger partial charge in [-0.2, -0.15) is 0 Å². The lowest BCUT2D eigenvalue weighted by molar-refractivity contribution is -0.144. The number of phenols is 1. The van der Waals surface area contributed by atoms with E-state index in [0.29, 0.717) is 30.4 Å². The Hall–Kier alpha value is -10.4. The molecule has 5 rings (SSSR count). The fourth-order valence-corrected chi connectivity index (χ4v) is 11.8. The lowest BCUT2D eigenvalue weighted by atomic mass is 9.96. The molecule has 0 spiro atoms. The SMILES string of the molecule is CC[C@H](C)[C@H](NC(=O)[C@@H]1CCCN1C(=O)[C@H](CC(C)C)NC(=O)[C@H](Cc1ccccc1)NC(=O)CNC(=O)[C@@H](N)Cc1ccccc1)C(=O)N[C@@H](Cc1ccc(O)cc1)C(=O)N[C@@H](CCCN=C(N)N)C(=O)N[C@@H](CCCN=C(N)N)C(=O)N1CCC[C@H]1C(=O)N[C@@H](C)C(=O)N[C@@H](CO)C(=O)O. The van der Waals surface area contributed by atoms with E-state index in [-0.39, 0.29) is 114 Å². The highest BCUT2D eigenvalue weighted by Gasteiger charge is 2.43. The van der Waals surface area contributed by atoms with Crippen molar-refractivity contribution in [2.45, 2.75) is 185 Å². The minimum Gasteiger partial charge on any atom is -0.508 e. The maximum Gasteiger partial charge on any atom is 0.328 e. The number of amides is 11. The van der Waals surface area contributed by atoms with Crippen LogP contribution in [0, 0.1) is 11.8 Å². The molecule has 0 bridgehead atoms. The molecule has 2 saturated heterocycles. The number of aliphatic carboxylic acids is 1. The molecule has 22 N–H and O–H groups in total. The third-order valence-electron chi connectivity index (χ3n) is 17.5. The molecule has 11 amide bonds. The number of carboxylic acid groups (broad SMARTS) is 1. The Kier molecular flexibility index (Phi) is 33.3. The Balaban J connectivity index is 1.37. The monoisotopic (exact) mass is 1420 g/mol. The number of nitrogens with two attached hydrogens (primary N) is 5. The molecule has 33 heteroatoms. The first kappa shape index (κ1) is 82.2. The number of nitrogens with zero attached hydrogens (tertiary/aromatic N) is 4. The van der Waals surface area contributed by atoms with Gasteiger partial charge >= 0.3 is 5.97 Å². The van der Waals surface area contributed by atoms with Crippen LogP contribution in [0.15, 0.2) is 94.9 Å². The number of carboxylic acids is 1. The fraction of sp³-hybridized carbons (Fsp3) is 0.536. The van der Waals surface area contributed by atoms with Crippen molar-refractivity contribution in [3.63, 3.8) is 0 Å². The molecule has 2 fully saturated rings. The van der Waals surface area contributed by atoms with Gasteiger partial charge in [-0.15, -0.1) is 0 Å². The van der Waals surface area contributed by atoms with Gasteiger partial charge in [0.2, 0.25) is 65.0 Å². The van der Waals surface area contributed by atoms with Gasteiger partial charge in [-0.05, 0) is 112 Å². The number of aliphatic hydroxyl groups excluding tert-OH is 1. The van der Waals surface area contributed by atoms with Crippen molar-refractivity contribution < 1.29 is 72.9 Å². The minimum atomic E-state index is -1.66. The van der Waals surface area contributed by atoms with Gasteiger partial charge in [-0.25, -0.2) is 4.79 Å². The molecular weight excluding hydrogens is 1320 g/mol. The zero-order valence-electron chi connectivity index (χ0n) is 58.4. The summed E-state index contributed by atoms with van der Waals surface area (Å²) in [6.45, 7) is 7.14. The molecule has 33 nitrogen and oxygen atoms in total. The summed E-state index contributed by atoms with van der Waals surface area (Å²) in [5.74, 6) is -11.2. The quantitative estimate of drug-likeness (QED) is 0.0153. The van der Waals surface area contributed by atoms with E-state index in [1.54, 1.807) is 44.2 Å². The molecule has 2 aliphatic rings. The average Bonchev–Trinajstić information content (AvgIpc) is 1.57. The van der Waals surface area contributed by atoms with E-state index in [9.17, 15) is 72.9 Å².